The fourth-order valence-electron chi connectivity index (χ4n) is 1.24. The van der Waals surface area contributed by atoms with Crippen LogP contribution in [0.1, 0.15) is 19.3 Å². The lowest BCUT2D eigenvalue weighted by molar-refractivity contribution is 0.305. The van der Waals surface area contributed by atoms with Crippen LogP contribution in [0.2, 0.25) is 0 Å². The fourth-order valence-corrected chi connectivity index (χ4v) is 1.42. The Morgan fingerprint density at radius 2 is 1.67 bits per heavy atom. The standard InChI is InChI=1S/C12H17ClO2/c1-14-11-5-7-12(8-6-11)15-10-4-2-3-9-13/h5-8H,2-4,9-10H2,1H3. The number of halogens is 1. The van der Waals surface area contributed by atoms with Crippen molar-refractivity contribution in [1.82, 2.24) is 0 Å². The van der Waals surface area contributed by atoms with E-state index in [-0.39, 0.29) is 0 Å². The van der Waals surface area contributed by atoms with E-state index in [1.807, 2.05) is 24.3 Å². The maximum absolute atomic E-state index is 5.58. The van der Waals surface area contributed by atoms with Gasteiger partial charge in [0.25, 0.3) is 0 Å². The molecule has 0 aromatic heterocycles. The molecule has 3 heteroatoms. The molecule has 0 unspecified atom stereocenters. The van der Waals surface area contributed by atoms with Gasteiger partial charge >= 0.3 is 0 Å². The predicted molar refractivity (Wildman–Crippen MR) is 63.1 cm³/mol. The van der Waals surface area contributed by atoms with Crippen molar-refractivity contribution >= 4 is 11.6 Å². The van der Waals surface area contributed by atoms with Crippen LogP contribution in [0.4, 0.5) is 0 Å². The lowest BCUT2D eigenvalue weighted by Gasteiger charge is -2.06. The molecule has 84 valence electrons. The third kappa shape index (κ3) is 4.93. The van der Waals surface area contributed by atoms with Crippen LogP contribution in [0, 0.1) is 0 Å². The third-order valence-corrected chi connectivity index (χ3v) is 2.37. The molecule has 0 amide bonds. The monoisotopic (exact) mass is 228 g/mol. The third-order valence-electron chi connectivity index (χ3n) is 2.11. The van der Waals surface area contributed by atoms with Gasteiger partial charge in [-0.3, -0.25) is 0 Å². The van der Waals surface area contributed by atoms with E-state index in [1.54, 1.807) is 7.11 Å². The normalized spacial score (nSPS) is 10.0. The molecule has 1 aromatic carbocycles. The van der Waals surface area contributed by atoms with Crippen molar-refractivity contribution in [3.63, 3.8) is 0 Å². The van der Waals surface area contributed by atoms with Gasteiger partial charge in [0.1, 0.15) is 11.5 Å². The van der Waals surface area contributed by atoms with Gasteiger partial charge in [-0.15, -0.1) is 11.6 Å². The summed E-state index contributed by atoms with van der Waals surface area (Å²) in [6.45, 7) is 0.753. The molecule has 0 aliphatic carbocycles. The summed E-state index contributed by atoms with van der Waals surface area (Å²) in [7, 11) is 1.65. The van der Waals surface area contributed by atoms with E-state index in [9.17, 15) is 0 Å². The minimum Gasteiger partial charge on any atom is -0.497 e. The Hall–Kier alpha value is -0.890. The molecule has 0 fully saturated rings. The van der Waals surface area contributed by atoms with E-state index in [4.69, 9.17) is 21.1 Å². The van der Waals surface area contributed by atoms with Crippen LogP contribution in [0.3, 0.4) is 0 Å². The highest BCUT2D eigenvalue weighted by molar-refractivity contribution is 6.17. The van der Waals surface area contributed by atoms with Crippen molar-refractivity contribution in [2.24, 2.45) is 0 Å². The maximum atomic E-state index is 5.58. The molecule has 0 saturated heterocycles. The van der Waals surface area contributed by atoms with Gasteiger partial charge in [-0.05, 0) is 43.5 Å². The summed E-state index contributed by atoms with van der Waals surface area (Å²) in [5.74, 6) is 2.48. The van der Waals surface area contributed by atoms with Crippen molar-refractivity contribution in [3.05, 3.63) is 24.3 Å². The molecule has 0 radical (unpaired) electrons. The summed E-state index contributed by atoms with van der Waals surface area (Å²) in [4.78, 5) is 0. The highest BCUT2D eigenvalue weighted by Crippen LogP contribution is 2.17. The topological polar surface area (TPSA) is 18.5 Å². The highest BCUT2D eigenvalue weighted by Gasteiger charge is 1.94. The van der Waals surface area contributed by atoms with E-state index in [1.165, 1.54) is 0 Å². The van der Waals surface area contributed by atoms with Gasteiger partial charge in [-0.25, -0.2) is 0 Å². The maximum Gasteiger partial charge on any atom is 0.119 e. The Bertz CT molecular complexity index is 259. The van der Waals surface area contributed by atoms with E-state index in [0.717, 1.165) is 43.2 Å². The van der Waals surface area contributed by atoms with Crippen LogP contribution < -0.4 is 9.47 Å². The summed E-state index contributed by atoms with van der Waals surface area (Å²) in [6.07, 6.45) is 3.24. The SMILES string of the molecule is COc1ccc(OCCCCCCl)cc1. The van der Waals surface area contributed by atoms with Crippen LogP contribution in [-0.4, -0.2) is 19.6 Å². The number of rotatable bonds is 7. The Balaban J connectivity index is 2.20. The zero-order chi connectivity index (χ0) is 10.9. The Morgan fingerprint density at radius 1 is 1.00 bits per heavy atom. The molecule has 0 aliphatic rings. The number of unbranched alkanes of at least 4 members (excludes halogenated alkanes) is 2. The van der Waals surface area contributed by atoms with Crippen LogP contribution in [-0.2, 0) is 0 Å². The van der Waals surface area contributed by atoms with Gasteiger partial charge in [0.15, 0.2) is 0 Å². The van der Waals surface area contributed by atoms with Gasteiger partial charge in [0.05, 0.1) is 13.7 Å². The number of alkyl halides is 1. The van der Waals surface area contributed by atoms with E-state index < -0.39 is 0 Å². The first-order chi connectivity index (χ1) is 7.36. The van der Waals surface area contributed by atoms with Crippen LogP contribution in [0.25, 0.3) is 0 Å². The van der Waals surface area contributed by atoms with Gasteiger partial charge < -0.3 is 9.47 Å². The van der Waals surface area contributed by atoms with Crippen LogP contribution in [0.5, 0.6) is 11.5 Å². The number of hydrogen-bond acceptors (Lipinski definition) is 2. The second-order valence-corrected chi connectivity index (χ2v) is 3.65. The minimum absolute atomic E-state index is 0.739. The molecule has 1 aromatic rings. The minimum atomic E-state index is 0.739. The quantitative estimate of drug-likeness (QED) is 0.526. The molecular formula is C12H17ClO2. The average Bonchev–Trinajstić information content (AvgIpc) is 2.30. The first-order valence-electron chi connectivity index (χ1n) is 5.19. The molecule has 0 heterocycles. The molecule has 1 rings (SSSR count). The first-order valence-corrected chi connectivity index (χ1v) is 5.73. The van der Waals surface area contributed by atoms with Gasteiger partial charge in [-0.2, -0.15) is 0 Å². The predicted octanol–water partition coefficient (Wildman–Crippen LogP) is 3.48. The van der Waals surface area contributed by atoms with Crippen molar-refractivity contribution in [2.45, 2.75) is 19.3 Å². The molecule has 15 heavy (non-hydrogen) atoms. The molecule has 0 aliphatic heterocycles. The number of benzene rings is 1. The zero-order valence-electron chi connectivity index (χ0n) is 9.04. The Morgan fingerprint density at radius 3 is 2.27 bits per heavy atom. The lowest BCUT2D eigenvalue weighted by Crippen LogP contribution is -1.97. The van der Waals surface area contributed by atoms with E-state index in [2.05, 4.69) is 0 Å². The van der Waals surface area contributed by atoms with E-state index >= 15 is 0 Å². The van der Waals surface area contributed by atoms with Crippen LogP contribution in [0.15, 0.2) is 24.3 Å². The van der Waals surface area contributed by atoms with E-state index in [0.29, 0.717) is 0 Å². The van der Waals surface area contributed by atoms with Crippen molar-refractivity contribution < 1.29 is 9.47 Å². The van der Waals surface area contributed by atoms with Gasteiger partial charge in [-0.1, -0.05) is 0 Å². The molecule has 0 atom stereocenters. The van der Waals surface area contributed by atoms with Crippen molar-refractivity contribution in [1.29, 1.82) is 0 Å². The van der Waals surface area contributed by atoms with Gasteiger partial charge in [0, 0.05) is 5.88 Å². The van der Waals surface area contributed by atoms with Gasteiger partial charge in [0.2, 0.25) is 0 Å². The fraction of sp³-hybridized carbons (Fsp3) is 0.500. The largest absolute Gasteiger partial charge is 0.497 e. The van der Waals surface area contributed by atoms with Crippen molar-refractivity contribution in [2.75, 3.05) is 19.6 Å². The summed E-state index contributed by atoms with van der Waals surface area (Å²) < 4.78 is 10.6. The number of hydrogen-bond donors (Lipinski definition) is 0. The zero-order valence-corrected chi connectivity index (χ0v) is 9.80. The van der Waals surface area contributed by atoms with Crippen LogP contribution >= 0.6 is 11.6 Å². The summed E-state index contributed by atoms with van der Waals surface area (Å²) in [5, 5.41) is 0. The lowest BCUT2D eigenvalue weighted by atomic mass is 10.2. The number of ether oxygens (including phenoxy) is 2. The number of methoxy groups -OCH3 is 1. The molecule has 0 saturated carbocycles. The molecular weight excluding hydrogens is 212 g/mol. The summed E-state index contributed by atoms with van der Waals surface area (Å²) >= 11 is 5.58. The van der Waals surface area contributed by atoms with Crippen molar-refractivity contribution in [3.8, 4) is 11.5 Å². The first kappa shape index (κ1) is 12.2. The molecule has 2 nitrogen and oxygen atoms in total. The average molecular weight is 229 g/mol. The smallest absolute Gasteiger partial charge is 0.119 e. The Labute approximate surface area is 96.2 Å². The summed E-state index contributed by atoms with van der Waals surface area (Å²) in [5.41, 5.74) is 0. The summed E-state index contributed by atoms with van der Waals surface area (Å²) in [6, 6.07) is 7.63. The second-order valence-electron chi connectivity index (χ2n) is 3.27. The Kier molecular flexibility index (Phi) is 6.02. The molecule has 0 spiro atoms. The highest BCUT2D eigenvalue weighted by atomic mass is 35.5. The molecule has 0 N–H and O–H groups in total. The molecule has 0 bridgehead atoms. The second kappa shape index (κ2) is 7.41.